The molecule has 2 aliphatic rings. The Balaban J connectivity index is 1.76. The third-order valence-corrected chi connectivity index (χ3v) is 4.85. The van der Waals surface area contributed by atoms with E-state index in [1.165, 1.54) is 11.1 Å². The van der Waals surface area contributed by atoms with Gasteiger partial charge in [0.25, 0.3) is 0 Å². The Morgan fingerprint density at radius 3 is 2.75 bits per heavy atom. The van der Waals surface area contributed by atoms with Gasteiger partial charge < -0.3 is 15.2 Å². The Labute approximate surface area is 120 Å². The van der Waals surface area contributed by atoms with Crippen LogP contribution in [0.3, 0.4) is 0 Å². The molecule has 0 amide bonds. The minimum Gasteiger partial charge on any atom is -0.497 e. The van der Waals surface area contributed by atoms with Crippen LogP contribution < -0.4 is 10.5 Å². The first-order chi connectivity index (χ1) is 9.70. The van der Waals surface area contributed by atoms with Crippen LogP contribution in [0, 0.1) is 0 Å². The van der Waals surface area contributed by atoms with Gasteiger partial charge in [0.15, 0.2) is 0 Å². The number of rotatable bonds is 3. The SMILES string of the molecule is COc1ccc2c(c1)C(N)C(N(C)C1CCOCC1)C2. The second-order valence-corrected chi connectivity index (χ2v) is 5.87. The Morgan fingerprint density at radius 1 is 1.30 bits per heavy atom. The van der Waals surface area contributed by atoms with Crippen molar-refractivity contribution >= 4 is 0 Å². The molecule has 4 heteroatoms. The molecule has 2 unspecified atom stereocenters. The molecule has 1 aromatic carbocycles. The zero-order valence-electron chi connectivity index (χ0n) is 12.3. The van der Waals surface area contributed by atoms with Crippen molar-refractivity contribution in [1.82, 2.24) is 4.90 Å². The van der Waals surface area contributed by atoms with Gasteiger partial charge in [-0.2, -0.15) is 0 Å². The Morgan fingerprint density at radius 2 is 2.05 bits per heavy atom. The van der Waals surface area contributed by atoms with Gasteiger partial charge in [-0.25, -0.2) is 0 Å². The standard InChI is InChI=1S/C16H24N2O2/c1-18(12-5-7-20-8-6-12)15-9-11-3-4-13(19-2)10-14(11)16(15)17/h3-4,10,12,15-16H,5-9,17H2,1-2H3. The highest BCUT2D eigenvalue weighted by atomic mass is 16.5. The number of hydrogen-bond acceptors (Lipinski definition) is 4. The van der Waals surface area contributed by atoms with Crippen LogP contribution in [0.2, 0.25) is 0 Å². The number of nitrogens with zero attached hydrogens (tertiary/aromatic N) is 1. The summed E-state index contributed by atoms with van der Waals surface area (Å²) in [5, 5.41) is 0. The zero-order valence-corrected chi connectivity index (χ0v) is 12.3. The first-order valence-corrected chi connectivity index (χ1v) is 7.43. The van der Waals surface area contributed by atoms with E-state index < -0.39 is 0 Å². The van der Waals surface area contributed by atoms with Gasteiger partial charge in [-0.1, -0.05) is 6.07 Å². The van der Waals surface area contributed by atoms with Crippen LogP contribution in [0.4, 0.5) is 0 Å². The van der Waals surface area contributed by atoms with Crippen molar-refractivity contribution < 1.29 is 9.47 Å². The van der Waals surface area contributed by atoms with E-state index in [0.717, 1.165) is 38.2 Å². The van der Waals surface area contributed by atoms with E-state index in [4.69, 9.17) is 15.2 Å². The zero-order chi connectivity index (χ0) is 14.1. The van der Waals surface area contributed by atoms with E-state index >= 15 is 0 Å². The Bertz CT molecular complexity index is 472. The maximum absolute atomic E-state index is 6.49. The number of fused-ring (bicyclic) bond motifs is 1. The molecule has 0 aromatic heterocycles. The molecular formula is C16H24N2O2. The van der Waals surface area contributed by atoms with Crippen molar-refractivity contribution in [2.24, 2.45) is 5.73 Å². The summed E-state index contributed by atoms with van der Waals surface area (Å²) < 4.78 is 10.8. The molecule has 1 aliphatic carbocycles. The molecule has 3 rings (SSSR count). The monoisotopic (exact) mass is 276 g/mol. The molecule has 0 saturated carbocycles. The predicted octanol–water partition coefficient (Wildman–Crippen LogP) is 1.73. The second-order valence-electron chi connectivity index (χ2n) is 5.87. The lowest BCUT2D eigenvalue weighted by atomic mass is 10.0. The molecule has 2 atom stereocenters. The number of ether oxygens (including phenoxy) is 2. The highest BCUT2D eigenvalue weighted by molar-refractivity contribution is 5.42. The fraction of sp³-hybridized carbons (Fsp3) is 0.625. The van der Waals surface area contributed by atoms with E-state index in [1.54, 1.807) is 7.11 Å². The molecule has 4 nitrogen and oxygen atoms in total. The summed E-state index contributed by atoms with van der Waals surface area (Å²) in [6.45, 7) is 1.75. The molecular weight excluding hydrogens is 252 g/mol. The van der Waals surface area contributed by atoms with Crippen molar-refractivity contribution in [3.8, 4) is 5.75 Å². The van der Waals surface area contributed by atoms with Gasteiger partial charge in [-0.15, -0.1) is 0 Å². The summed E-state index contributed by atoms with van der Waals surface area (Å²) in [5.74, 6) is 0.897. The van der Waals surface area contributed by atoms with E-state index in [0.29, 0.717) is 12.1 Å². The Kier molecular flexibility index (Phi) is 3.96. The summed E-state index contributed by atoms with van der Waals surface area (Å²) in [6, 6.07) is 7.34. The Hall–Kier alpha value is -1.10. The van der Waals surface area contributed by atoms with E-state index in [2.05, 4.69) is 24.1 Å². The molecule has 2 N–H and O–H groups in total. The molecule has 1 aliphatic heterocycles. The van der Waals surface area contributed by atoms with E-state index in [1.807, 2.05) is 6.07 Å². The van der Waals surface area contributed by atoms with Crippen molar-refractivity contribution in [2.45, 2.75) is 37.4 Å². The lowest BCUT2D eigenvalue weighted by Crippen LogP contribution is -2.46. The molecule has 20 heavy (non-hydrogen) atoms. The lowest BCUT2D eigenvalue weighted by Gasteiger charge is -2.37. The van der Waals surface area contributed by atoms with Crippen molar-refractivity contribution in [3.05, 3.63) is 29.3 Å². The number of nitrogens with two attached hydrogens (primary N) is 1. The van der Waals surface area contributed by atoms with Crippen LogP contribution in [0.25, 0.3) is 0 Å². The number of hydrogen-bond donors (Lipinski definition) is 1. The summed E-state index contributed by atoms with van der Waals surface area (Å²) >= 11 is 0. The summed E-state index contributed by atoms with van der Waals surface area (Å²) in [7, 11) is 3.91. The third kappa shape index (κ3) is 2.43. The third-order valence-electron chi connectivity index (χ3n) is 4.85. The van der Waals surface area contributed by atoms with E-state index in [9.17, 15) is 0 Å². The number of likely N-dealkylation sites (N-methyl/N-ethyl adjacent to an activating group) is 1. The average Bonchev–Trinajstić information content (AvgIpc) is 2.84. The van der Waals surface area contributed by atoms with E-state index in [-0.39, 0.29) is 6.04 Å². The minimum absolute atomic E-state index is 0.0768. The van der Waals surface area contributed by atoms with Crippen molar-refractivity contribution in [1.29, 1.82) is 0 Å². The van der Waals surface area contributed by atoms with Crippen molar-refractivity contribution in [2.75, 3.05) is 27.4 Å². The van der Waals surface area contributed by atoms with Crippen LogP contribution >= 0.6 is 0 Å². The first kappa shape index (κ1) is 13.9. The van der Waals surface area contributed by atoms with Gasteiger partial charge in [-0.05, 0) is 49.6 Å². The molecule has 110 valence electrons. The van der Waals surface area contributed by atoms with Crippen LogP contribution in [0.5, 0.6) is 5.75 Å². The second kappa shape index (κ2) is 5.72. The van der Waals surface area contributed by atoms with Crippen LogP contribution in [0.1, 0.15) is 30.0 Å². The van der Waals surface area contributed by atoms with Crippen molar-refractivity contribution in [3.63, 3.8) is 0 Å². The quantitative estimate of drug-likeness (QED) is 0.913. The first-order valence-electron chi connectivity index (χ1n) is 7.43. The number of benzene rings is 1. The lowest BCUT2D eigenvalue weighted by molar-refractivity contribution is 0.0260. The molecule has 0 bridgehead atoms. The highest BCUT2D eigenvalue weighted by Gasteiger charge is 2.35. The van der Waals surface area contributed by atoms with Gasteiger partial charge in [0.2, 0.25) is 0 Å². The molecule has 1 aromatic rings. The highest BCUT2D eigenvalue weighted by Crippen LogP contribution is 2.36. The molecule has 0 radical (unpaired) electrons. The van der Waals surface area contributed by atoms with Gasteiger partial charge >= 0.3 is 0 Å². The van der Waals surface area contributed by atoms with Gasteiger partial charge in [0.1, 0.15) is 5.75 Å². The summed E-state index contributed by atoms with van der Waals surface area (Å²) in [5.41, 5.74) is 9.10. The summed E-state index contributed by atoms with van der Waals surface area (Å²) in [6.07, 6.45) is 3.26. The van der Waals surface area contributed by atoms with Crippen LogP contribution in [-0.4, -0.2) is 44.4 Å². The molecule has 1 fully saturated rings. The molecule has 0 spiro atoms. The maximum atomic E-state index is 6.49. The van der Waals surface area contributed by atoms with Crippen LogP contribution in [0.15, 0.2) is 18.2 Å². The minimum atomic E-state index is 0.0768. The smallest absolute Gasteiger partial charge is 0.119 e. The van der Waals surface area contributed by atoms with Gasteiger partial charge in [0, 0.05) is 31.3 Å². The normalized spacial score (nSPS) is 26.8. The maximum Gasteiger partial charge on any atom is 0.119 e. The molecule has 1 heterocycles. The fourth-order valence-electron chi connectivity index (χ4n) is 3.52. The predicted molar refractivity (Wildman–Crippen MR) is 79.0 cm³/mol. The average molecular weight is 276 g/mol. The number of methoxy groups -OCH3 is 1. The largest absolute Gasteiger partial charge is 0.497 e. The van der Waals surface area contributed by atoms with Crippen LogP contribution in [-0.2, 0) is 11.2 Å². The fourth-order valence-corrected chi connectivity index (χ4v) is 3.52. The molecule has 1 saturated heterocycles. The topological polar surface area (TPSA) is 47.7 Å². The van der Waals surface area contributed by atoms with Gasteiger partial charge in [0.05, 0.1) is 7.11 Å². The van der Waals surface area contributed by atoms with Gasteiger partial charge in [-0.3, -0.25) is 4.90 Å². The summed E-state index contributed by atoms with van der Waals surface area (Å²) in [4.78, 5) is 2.47.